The average molecular weight is 355 g/mol. The lowest BCUT2D eigenvalue weighted by Gasteiger charge is -2.13. The molecule has 0 aliphatic carbocycles. The van der Waals surface area contributed by atoms with Crippen LogP contribution in [0.3, 0.4) is 0 Å². The van der Waals surface area contributed by atoms with Gasteiger partial charge in [-0.2, -0.15) is 5.10 Å². The monoisotopic (exact) mass is 354 g/mol. The fourth-order valence-electron chi connectivity index (χ4n) is 2.59. The van der Waals surface area contributed by atoms with Gasteiger partial charge in [-0.15, -0.1) is 0 Å². The maximum Gasteiger partial charge on any atom is 0.256 e. The molecule has 3 heterocycles. The van der Waals surface area contributed by atoms with Crippen molar-refractivity contribution in [1.82, 2.24) is 14.8 Å². The third-order valence-corrected chi connectivity index (χ3v) is 5.60. The van der Waals surface area contributed by atoms with Gasteiger partial charge in [-0.25, -0.2) is 18.1 Å². The third kappa shape index (κ3) is 3.53. The van der Waals surface area contributed by atoms with E-state index in [0.717, 1.165) is 0 Å². The van der Waals surface area contributed by atoms with E-state index in [1.165, 1.54) is 12.3 Å². The van der Waals surface area contributed by atoms with E-state index in [2.05, 4.69) is 15.4 Å². The minimum atomic E-state index is -3.04. The molecule has 122 valence electrons. The molecule has 1 amide bonds. The number of rotatable bonds is 3. The Hall–Kier alpha value is -1.93. The van der Waals surface area contributed by atoms with E-state index < -0.39 is 9.84 Å². The molecule has 0 radical (unpaired) electrons. The minimum Gasteiger partial charge on any atom is -0.307 e. The predicted octanol–water partition coefficient (Wildman–Crippen LogP) is 1.85. The van der Waals surface area contributed by atoms with Crippen molar-refractivity contribution in [3.05, 3.63) is 40.8 Å². The maximum atomic E-state index is 12.3. The Balaban J connectivity index is 1.85. The highest BCUT2D eigenvalue weighted by Gasteiger charge is 2.31. The molecule has 1 aliphatic rings. The minimum absolute atomic E-state index is 0.0398. The Morgan fingerprint density at radius 3 is 2.87 bits per heavy atom. The summed E-state index contributed by atoms with van der Waals surface area (Å²) in [6.45, 7) is 1.79. The molecule has 0 aromatic carbocycles. The molecule has 1 fully saturated rings. The van der Waals surface area contributed by atoms with Crippen LogP contribution in [0.2, 0.25) is 5.15 Å². The number of aryl methyl sites for hydroxylation is 1. The van der Waals surface area contributed by atoms with Gasteiger partial charge >= 0.3 is 0 Å². The number of amides is 1. The standard InChI is InChI=1S/C14H15ClN4O3S/c1-9-6-13(17-14(20)10-2-4-16-12(15)7-10)19(18-9)11-3-5-23(21,22)8-11/h2,4,6-7,11H,3,5,8H2,1H3,(H,17,20). The highest BCUT2D eigenvalue weighted by molar-refractivity contribution is 7.91. The smallest absolute Gasteiger partial charge is 0.256 e. The van der Waals surface area contributed by atoms with E-state index in [1.807, 2.05) is 0 Å². The second kappa shape index (κ2) is 5.93. The molecule has 23 heavy (non-hydrogen) atoms. The quantitative estimate of drug-likeness (QED) is 0.849. The molecular formula is C14H15ClN4O3S. The summed E-state index contributed by atoms with van der Waals surface area (Å²) in [5, 5.41) is 7.31. The van der Waals surface area contributed by atoms with Gasteiger partial charge < -0.3 is 5.32 Å². The van der Waals surface area contributed by atoms with E-state index in [4.69, 9.17) is 11.6 Å². The number of carbonyl (C=O) groups excluding carboxylic acids is 1. The SMILES string of the molecule is Cc1cc(NC(=O)c2ccnc(Cl)c2)n(C2CCS(=O)(=O)C2)n1. The van der Waals surface area contributed by atoms with Gasteiger partial charge in [0.15, 0.2) is 9.84 Å². The van der Waals surface area contributed by atoms with Crippen LogP contribution in [0.5, 0.6) is 0 Å². The Morgan fingerprint density at radius 1 is 1.43 bits per heavy atom. The van der Waals surface area contributed by atoms with Gasteiger partial charge in [-0.3, -0.25) is 4.79 Å². The summed E-state index contributed by atoms with van der Waals surface area (Å²) in [5.74, 6) is 0.306. The zero-order chi connectivity index (χ0) is 16.6. The first-order valence-electron chi connectivity index (χ1n) is 7.03. The largest absolute Gasteiger partial charge is 0.307 e. The van der Waals surface area contributed by atoms with Crippen LogP contribution in [-0.2, 0) is 9.84 Å². The van der Waals surface area contributed by atoms with Crippen LogP contribution >= 0.6 is 11.6 Å². The van der Waals surface area contributed by atoms with Crippen molar-refractivity contribution in [3.63, 3.8) is 0 Å². The average Bonchev–Trinajstić information content (AvgIpc) is 3.01. The number of nitrogens with zero attached hydrogens (tertiary/aromatic N) is 3. The summed E-state index contributed by atoms with van der Waals surface area (Å²) in [6, 6.07) is 4.47. The van der Waals surface area contributed by atoms with Crippen LogP contribution in [0.15, 0.2) is 24.4 Å². The normalized spacial score (nSPS) is 19.7. The Labute approximate surface area is 138 Å². The molecule has 7 nitrogen and oxygen atoms in total. The molecule has 3 rings (SSSR count). The number of aromatic nitrogens is 3. The van der Waals surface area contributed by atoms with Crippen LogP contribution in [0.1, 0.15) is 28.5 Å². The van der Waals surface area contributed by atoms with Crippen molar-refractivity contribution in [2.24, 2.45) is 0 Å². The van der Waals surface area contributed by atoms with Gasteiger partial charge in [0.25, 0.3) is 5.91 Å². The second-order valence-electron chi connectivity index (χ2n) is 5.49. The summed E-state index contributed by atoms with van der Waals surface area (Å²) in [6.07, 6.45) is 1.94. The lowest BCUT2D eigenvalue weighted by atomic mass is 10.2. The summed E-state index contributed by atoms with van der Waals surface area (Å²) in [5.41, 5.74) is 1.08. The Bertz CT molecular complexity index is 863. The number of hydrogen-bond donors (Lipinski definition) is 1. The molecule has 1 N–H and O–H groups in total. The summed E-state index contributed by atoms with van der Waals surface area (Å²) < 4.78 is 24.9. The van der Waals surface area contributed by atoms with Crippen LogP contribution in [-0.4, -0.2) is 40.6 Å². The first-order valence-corrected chi connectivity index (χ1v) is 9.23. The number of pyridine rings is 1. The summed E-state index contributed by atoms with van der Waals surface area (Å²) in [7, 11) is -3.04. The lowest BCUT2D eigenvalue weighted by molar-refractivity contribution is 0.102. The molecule has 2 aromatic heterocycles. The fraction of sp³-hybridized carbons (Fsp3) is 0.357. The zero-order valence-corrected chi connectivity index (χ0v) is 13.9. The number of carbonyl (C=O) groups is 1. The van der Waals surface area contributed by atoms with Crippen molar-refractivity contribution in [1.29, 1.82) is 0 Å². The van der Waals surface area contributed by atoms with Crippen LogP contribution < -0.4 is 5.32 Å². The summed E-state index contributed by atoms with van der Waals surface area (Å²) in [4.78, 5) is 16.1. The van der Waals surface area contributed by atoms with E-state index in [1.54, 1.807) is 23.7 Å². The highest BCUT2D eigenvalue weighted by atomic mass is 35.5. The maximum absolute atomic E-state index is 12.3. The molecule has 9 heteroatoms. The molecule has 1 aliphatic heterocycles. The fourth-order valence-corrected chi connectivity index (χ4v) is 4.45. The molecule has 2 aromatic rings. The lowest BCUT2D eigenvalue weighted by Crippen LogP contribution is -2.19. The van der Waals surface area contributed by atoms with Crippen molar-refractivity contribution in [2.45, 2.75) is 19.4 Å². The van der Waals surface area contributed by atoms with Gasteiger partial charge in [-0.1, -0.05) is 11.6 Å². The molecular weight excluding hydrogens is 340 g/mol. The molecule has 0 saturated carbocycles. The van der Waals surface area contributed by atoms with Gasteiger partial charge in [0.2, 0.25) is 0 Å². The van der Waals surface area contributed by atoms with Gasteiger partial charge in [0.05, 0.1) is 23.2 Å². The molecule has 0 bridgehead atoms. The van der Waals surface area contributed by atoms with Crippen LogP contribution in [0, 0.1) is 6.92 Å². The van der Waals surface area contributed by atoms with Crippen molar-refractivity contribution >= 4 is 33.2 Å². The first kappa shape index (κ1) is 15.9. The molecule has 1 saturated heterocycles. The van der Waals surface area contributed by atoms with Gasteiger partial charge in [0, 0.05) is 17.8 Å². The molecule has 1 unspecified atom stereocenters. The predicted molar refractivity (Wildman–Crippen MR) is 86.5 cm³/mol. The van der Waals surface area contributed by atoms with E-state index >= 15 is 0 Å². The van der Waals surface area contributed by atoms with Gasteiger partial charge in [0.1, 0.15) is 11.0 Å². The number of sulfone groups is 1. The van der Waals surface area contributed by atoms with Crippen molar-refractivity contribution in [2.75, 3.05) is 16.8 Å². The summed E-state index contributed by atoms with van der Waals surface area (Å²) >= 11 is 5.79. The molecule has 0 spiro atoms. The van der Waals surface area contributed by atoms with Crippen molar-refractivity contribution < 1.29 is 13.2 Å². The Morgan fingerprint density at radius 2 is 2.22 bits per heavy atom. The second-order valence-corrected chi connectivity index (χ2v) is 8.11. The van der Waals surface area contributed by atoms with E-state index in [0.29, 0.717) is 23.5 Å². The number of nitrogens with one attached hydrogen (secondary N) is 1. The first-order chi connectivity index (χ1) is 10.8. The van der Waals surface area contributed by atoms with Crippen molar-refractivity contribution in [3.8, 4) is 0 Å². The van der Waals surface area contributed by atoms with E-state index in [-0.39, 0.29) is 28.6 Å². The van der Waals surface area contributed by atoms with Gasteiger partial charge in [-0.05, 0) is 25.5 Å². The zero-order valence-electron chi connectivity index (χ0n) is 12.4. The third-order valence-electron chi connectivity index (χ3n) is 3.64. The van der Waals surface area contributed by atoms with Crippen LogP contribution in [0.25, 0.3) is 0 Å². The van der Waals surface area contributed by atoms with Crippen LogP contribution in [0.4, 0.5) is 5.82 Å². The topological polar surface area (TPSA) is 94.0 Å². The highest BCUT2D eigenvalue weighted by Crippen LogP contribution is 2.27. The number of anilines is 1. The Kier molecular flexibility index (Phi) is 4.11. The number of hydrogen-bond acceptors (Lipinski definition) is 5. The van der Waals surface area contributed by atoms with E-state index in [9.17, 15) is 13.2 Å². The number of halogens is 1. The molecule has 1 atom stereocenters.